The molecule has 0 spiro atoms. The summed E-state index contributed by atoms with van der Waals surface area (Å²) in [7, 11) is 2.22. The molecule has 0 aromatic heterocycles. The van der Waals surface area contributed by atoms with Crippen molar-refractivity contribution in [1.29, 1.82) is 0 Å². The Balaban J connectivity index is 2.38. The van der Waals surface area contributed by atoms with E-state index in [9.17, 15) is 0 Å². The highest BCUT2D eigenvalue weighted by atomic mass is 15.3. The molecule has 1 aliphatic rings. The predicted molar refractivity (Wildman–Crippen MR) is 53.2 cm³/mol. The van der Waals surface area contributed by atoms with Crippen molar-refractivity contribution in [1.82, 2.24) is 9.80 Å². The Bertz CT molecular complexity index is 123. The first-order chi connectivity index (χ1) is 5.70. The average Bonchev–Trinajstić information content (AvgIpc) is 1.95. The van der Waals surface area contributed by atoms with Crippen molar-refractivity contribution in [2.75, 3.05) is 26.8 Å². The van der Waals surface area contributed by atoms with E-state index < -0.39 is 0 Å². The van der Waals surface area contributed by atoms with Crippen LogP contribution in [0.2, 0.25) is 0 Å². The lowest BCUT2D eigenvalue weighted by molar-refractivity contribution is 0.108. The fraction of sp³-hybridized carbons (Fsp3) is 1.00. The zero-order chi connectivity index (χ0) is 8.97. The third-order valence-corrected chi connectivity index (χ3v) is 2.64. The van der Waals surface area contributed by atoms with Crippen molar-refractivity contribution in [2.24, 2.45) is 0 Å². The molecule has 0 atom stereocenters. The molecule has 2 nitrogen and oxygen atoms in total. The first kappa shape index (κ1) is 10.0. The van der Waals surface area contributed by atoms with E-state index >= 15 is 0 Å². The SMILES string of the molecule is CC(C)N1CCCCCN(C)C1. The van der Waals surface area contributed by atoms with Crippen molar-refractivity contribution < 1.29 is 0 Å². The van der Waals surface area contributed by atoms with Crippen molar-refractivity contribution in [3.63, 3.8) is 0 Å². The van der Waals surface area contributed by atoms with Gasteiger partial charge in [0.25, 0.3) is 0 Å². The van der Waals surface area contributed by atoms with E-state index in [1.165, 1.54) is 32.4 Å². The normalized spacial score (nSPS) is 24.0. The van der Waals surface area contributed by atoms with Gasteiger partial charge in [0.2, 0.25) is 0 Å². The zero-order valence-electron chi connectivity index (χ0n) is 8.71. The number of rotatable bonds is 1. The molecule has 1 aliphatic heterocycles. The maximum Gasteiger partial charge on any atom is 0.0505 e. The topological polar surface area (TPSA) is 6.48 Å². The van der Waals surface area contributed by atoms with Gasteiger partial charge in [0.1, 0.15) is 0 Å². The first-order valence-corrected chi connectivity index (χ1v) is 5.13. The van der Waals surface area contributed by atoms with Gasteiger partial charge in [-0.1, -0.05) is 6.42 Å². The van der Waals surface area contributed by atoms with Crippen LogP contribution in [0.3, 0.4) is 0 Å². The summed E-state index contributed by atoms with van der Waals surface area (Å²) in [6, 6.07) is 0.700. The van der Waals surface area contributed by atoms with E-state index in [0.29, 0.717) is 6.04 Å². The molecule has 1 heterocycles. The molecule has 1 rings (SSSR count). The summed E-state index contributed by atoms with van der Waals surface area (Å²) in [4.78, 5) is 4.98. The average molecular weight is 170 g/mol. The second-order valence-corrected chi connectivity index (χ2v) is 4.19. The maximum absolute atomic E-state index is 2.55. The molecule has 0 unspecified atom stereocenters. The summed E-state index contributed by atoms with van der Waals surface area (Å²) >= 11 is 0. The van der Waals surface area contributed by atoms with Gasteiger partial charge >= 0.3 is 0 Å². The van der Waals surface area contributed by atoms with Crippen LogP contribution in [-0.4, -0.2) is 42.6 Å². The third-order valence-electron chi connectivity index (χ3n) is 2.64. The summed E-state index contributed by atoms with van der Waals surface area (Å²) in [5.74, 6) is 0. The fourth-order valence-electron chi connectivity index (χ4n) is 1.75. The lowest BCUT2D eigenvalue weighted by Gasteiger charge is -2.33. The third kappa shape index (κ3) is 3.11. The molecule has 0 saturated carbocycles. The second-order valence-electron chi connectivity index (χ2n) is 4.19. The van der Waals surface area contributed by atoms with E-state index in [-0.39, 0.29) is 0 Å². The van der Waals surface area contributed by atoms with Crippen molar-refractivity contribution >= 4 is 0 Å². The standard InChI is InChI=1S/C10H22N2/c1-10(2)12-8-6-4-5-7-11(3)9-12/h10H,4-9H2,1-3H3. The van der Waals surface area contributed by atoms with Crippen LogP contribution in [0.5, 0.6) is 0 Å². The lowest BCUT2D eigenvalue weighted by atomic mass is 10.2. The van der Waals surface area contributed by atoms with Crippen LogP contribution in [0.25, 0.3) is 0 Å². The van der Waals surface area contributed by atoms with E-state index in [0.717, 1.165) is 6.67 Å². The van der Waals surface area contributed by atoms with Gasteiger partial charge in [0.05, 0.1) is 6.67 Å². The molecule has 0 aromatic carbocycles. The van der Waals surface area contributed by atoms with Gasteiger partial charge in [-0.15, -0.1) is 0 Å². The Kier molecular flexibility index (Phi) is 4.02. The molecular formula is C10H22N2. The van der Waals surface area contributed by atoms with Gasteiger partial charge in [-0.05, 0) is 46.8 Å². The van der Waals surface area contributed by atoms with Gasteiger partial charge in [0, 0.05) is 6.04 Å². The Morgan fingerprint density at radius 2 is 1.67 bits per heavy atom. The van der Waals surface area contributed by atoms with Crippen LogP contribution in [0, 0.1) is 0 Å². The van der Waals surface area contributed by atoms with E-state index in [1.807, 2.05) is 0 Å². The van der Waals surface area contributed by atoms with Gasteiger partial charge in [0.15, 0.2) is 0 Å². The Hall–Kier alpha value is -0.0800. The predicted octanol–water partition coefficient (Wildman–Crippen LogP) is 1.77. The molecule has 1 saturated heterocycles. The monoisotopic (exact) mass is 170 g/mol. The molecule has 0 amide bonds. The molecule has 0 N–H and O–H groups in total. The summed E-state index contributed by atoms with van der Waals surface area (Å²) < 4.78 is 0. The number of nitrogens with zero attached hydrogens (tertiary/aromatic N) is 2. The second kappa shape index (κ2) is 4.83. The minimum Gasteiger partial charge on any atom is -0.294 e. The molecule has 12 heavy (non-hydrogen) atoms. The molecular weight excluding hydrogens is 148 g/mol. The highest BCUT2D eigenvalue weighted by molar-refractivity contribution is 4.66. The molecule has 0 aromatic rings. The van der Waals surface area contributed by atoms with Crippen LogP contribution >= 0.6 is 0 Å². The highest BCUT2D eigenvalue weighted by Gasteiger charge is 2.13. The van der Waals surface area contributed by atoms with Gasteiger partial charge in [-0.25, -0.2) is 0 Å². The van der Waals surface area contributed by atoms with Crippen LogP contribution < -0.4 is 0 Å². The minimum absolute atomic E-state index is 0.700. The largest absolute Gasteiger partial charge is 0.294 e. The number of hydrogen-bond acceptors (Lipinski definition) is 2. The van der Waals surface area contributed by atoms with Crippen LogP contribution in [0.4, 0.5) is 0 Å². The van der Waals surface area contributed by atoms with Gasteiger partial charge in [-0.3, -0.25) is 9.80 Å². The molecule has 1 fully saturated rings. The summed E-state index contributed by atoms with van der Waals surface area (Å²) in [6.07, 6.45) is 4.15. The highest BCUT2D eigenvalue weighted by Crippen LogP contribution is 2.08. The Morgan fingerprint density at radius 1 is 1.00 bits per heavy atom. The molecule has 0 bridgehead atoms. The summed E-state index contributed by atoms with van der Waals surface area (Å²) in [6.45, 7) is 8.27. The van der Waals surface area contributed by atoms with E-state index in [1.54, 1.807) is 0 Å². The van der Waals surface area contributed by atoms with Crippen molar-refractivity contribution in [2.45, 2.75) is 39.2 Å². The Labute approximate surface area is 76.5 Å². The molecule has 0 radical (unpaired) electrons. The quantitative estimate of drug-likeness (QED) is 0.592. The smallest absolute Gasteiger partial charge is 0.0505 e. The summed E-state index contributed by atoms with van der Waals surface area (Å²) in [5.41, 5.74) is 0. The van der Waals surface area contributed by atoms with Gasteiger partial charge in [-0.2, -0.15) is 0 Å². The van der Waals surface area contributed by atoms with Crippen LogP contribution in [-0.2, 0) is 0 Å². The molecule has 2 heteroatoms. The van der Waals surface area contributed by atoms with Crippen molar-refractivity contribution in [3.8, 4) is 0 Å². The fourth-order valence-corrected chi connectivity index (χ4v) is 1.75. The van der Waals surface area contributed by atoms with Crippen LogP contribution in [0.1, 0.15) is 33.1 Å². The van der Waals surface area contributed by atoms with E-state index in [4.69, 9.17) is 0 Å². The number of hydrogen-bond donors (Lipinski definition) is 0. The van der Waals surface area contributed by atoms with E-state index in [2.05, 4.69) is 30.7 Å². The minimum atomic E-state index is 0.700. The maximum atomic E-state index is 2.55. The zero-order valence-corrected chi connectivity index (χ0v) is 8.71. The first-order valence-electron chi connectivity index (χ1n) is 5.13. The van der Waals surface area contributed by atoms with Crippen LogP contribution in [0.15, 0.2) is 0 Å². The summed E-state index contributed by atoms with van der Waals surface area (Å²) in [5, 5.41) is 0. The lowest BCUT2D eigenvalue weighted by Crippen LogP contribution is -2.42. The van der Waals surface area contributed by atoms with Gasteiger partial charge < -0.3 is 0 Å². The Morgan fingerprint density at radius 3 is 2.33 bits per heavy atom. The molecule has 0 aliphatic carbocycles. The molecule has 72 valence electrons. The van der Waals surface area contributed by atoms with Crippen molar-refractivity contribution in [3.05, 3.63) is 0 Å².